The first kappa shape index (κ1) is 15.3. The van der Waals surface area contributed by atoms with Gasteiger partial charge in [0.25, 0.3) is 0 Å². The van der Waals surface area contributed by atoms with Crippen molar-refractivity contribution in [1.29, 1.82) is 0 Å². The van der Waals surface area contributed by atoms with Crippen molar-refractivity contribution in [3.05, 3.63) is 29.8 Å². The van der Waals surface area contributed by atoms with Gasteiger partial charge in [-0.05, 0) is 36.9 Å². The third-order valence-electron chi connectivity index (χ3n) is 3.56. The second-order valence-electron chi connectivity index (χ2n) is 5.47. The molecular formula is C13H18F2N2O2S. The smallest absolute Gasteiger partial charge is 0.246 e. The second-order valence-corrected chi connectivity index (χ2v) is 7.17. The molecule has 1 fully saturated rings. The SMILES string of the molecule is CC1(CNS(=O)(=O)c2c(F)cccc2F)CCCNC1. The lowest BCUT2D eigenvalue weighted by atomic mass is 9.83. The maximum atomic E-state index is 13.5. The molecular weight excluding hydrogens is 286 g/mol. The number of benzene rings is 1. The Labute approximate surface area is 117 Å². The molecule has 0 amide bonds. The van der Waals surface area contributed by atoms with E-state index in [1.54, 1.807) is 0 Å². The van der Waals surface area contributed by atoms with Crippen LogP contribution < -0.4 is 10.0 Å². The maximum Gasteiger partial charge on any atom is 0.246 e. The van der Waals surface area contributed by atoms with Crippen LogP contribution in [0.5, 0.6) is 0 Å². The summed E-state index contributed by atoms with van der Waals surface area (Å²) in [5.74, 6) is -2.16. The highest BCUT2D eigenvalue weighted by atomic mass is 32.2. The maximum absolute atomic E-state index is 13.5. The molecule has 112 valence electrons. The standard InChI is InChI=1S/C13H18F2N2O2S/c1-13(6-3-7-16-8-13)9-17-20(18,19)12-10(14)4-2-5-11(12)15/h2,4-5,16-17H,3,6-9H2,1H3. The number of halogens is 2. The molecule has 4 nitrogen and oxygen atoms in total. The Hall–Kier alpha value is -1.05. The third-order valence-corrected chi connectivity index (χ3v) is 5.01. The van der Waals surface area contributed by atoms with Crippen LogP contribution in [0, 0.1) is 17.0 Å². The summed E-state index contributed by atoms with van der Waals surface area (Å²) in [4.78, 5) is -0.910. The van der Waals surface area contributed by atoms with E-state index < -0.39 is 26.6 Å². The Bertz CT molecular complexity index is 564. The molecule has 0 spiro atoms. The van der Waals surface area contributed by atoms with Gasteiger partial charge in [-0.25, -0.2) is 21.9 Å². The van der Waals surface area contributed by atoms with E-state index in [1.807, 2.05) is 6.92 Å². The van der Waals surface area contributed by atoms with Crippen LogP contribution in [-0.2, 0) is 10.0 Å². The van der Waals surface area contributed by atoms with E-state index in [0.717, 1.165) is 37.6 Å². The summed E-state index contributed by atoms with van der Waals surface area (Å²) < 4.78 is 53.5. The Balaban J connectivity index is 2.15. The van der Waals surface area contributed by atoms with Crippen molar-refractivity contribution in [3.63, 3.8) is 0 Å². The van der Waals surface area contributed by atoms with Gasteiger partial charge < -0.3 is 5.32 Å². The van der Waals surface area contributed by atoms with Crippen molar-refractivity contribution in [3.8, 4) is 0 Å². The number of rotatable bonds is 4. The van der Waals surface area contributed by atoms with Crippen molar-refractivity contribution in [2.75, 3.05) is 19.6 Å². The summed E-state index contributed by atoms with van der Waals surface area (Å²) >= 11 is 0. The summed E-state index contributed by atoms with van der Waals surface area (Å²) in [5.41, 5.74) is -0.243. The summed E-state index contributed by atoms with van der Waals surface area (Å²) in [7, 11) is -4.19. The van der Waals surface area contributed by atoms with Crippen LogP contribution in [0.15, 0.2) is 23.1 Å². The Morgan fingerprint density at radius 2 is 2.00 bits per heavy atom. The first-order chi connectivity index (χ1) is 9.34. The fourth-order valence-corrected chi connectivity index (χ4v) is 3.68. The number of hydrogen-bond donors (Lipinski definition) is 2. The van der Waals surface area contributed by atoms with E-state index in [9.17, 15) is 17.2 Å². The van der Waals surface area contributed by atoms with Crippen LogP contribution in [0.4, 0.5) is 8.78 Å². The first-order valence-electron chi connectivity index (χ1n) is 6.48. The highest BCUT2D eigenvalue weighted by Crippen LogP contribution is 2.25. The molecule has 2 N–H and O–H groups in total. The predicted octanol–water partition coefficient (Wildman–Crippen LogP) is 1.63. The number of hydrogen-bond acceptors (Lipinski definition) is 3. The van der Waals surface area contributed by atoms with E-state index in [0.29, 0.717) is 6.54 Å². The Kier molecular flexibility index (Phi) is 4.41. The average Bonchev–Trinajstić information content (AvgIpc) is 2.37. The molecule has 7 heteroatoms. The minimum absolute atomic E-state index is 0.149. The highest BCUT2D eigenvalue weighted by Gasteiger charge is 2.30. The Morgan fingerprint density at radius 1 is 1.35 bits per heavy atom. The van der Waals surface area contributed by atoms with Gasteiger partial charge in [-0.2, -0.15) is 0 Å². The van der Waals surface area contributed by atoms with E-state index in [-0.39, 0.29) is 12.0 Å². The molecule has 0 bridgehead atoms. The van der Waals surface area contributed by atoms with E-state index >= 15 is 0 Å². The van der Waals surface area contributed by atoms with Gasteiger partial charge in [0, 0.05) is 13.1 Å². The molecule has 1 aromatic rings. The lowest BCUT2D eigenvalue weighted by Gasteiger charge is -2.34. The van der Waals surface area contributed by atoms with Gasteiger partial charge in [-0.3, -0.25) is 0 Å². The number of sulfonamides is 1. The molecule has 1 unspecified atom stereocenters. The topological polar surface area (TPSA) is 58.2 Å². The van der Waals surface area contributed by atoms with Gasteiger partial charge in [0.05, 0.1) is 0 Å². The molecule has 1 heterocycles. The van der Waals surface area contributed by atoms with Gasteiger partial charge in [0.15, 0.2) is 4.90 Å². The van der Waals surface area contributed by atoms with Crippen molar-refractivity contribution < 1.29 is 17.2 Å². The zero-order valence-electron chi connectivity index (χ0n) is 11.2. The minimum atomic E-state index is -4.19. The monoisotopic (exact) mass is 304 g/mol. The lowest BCUT2D eigenvalue weighted by molar-refractivity contribution is 0.238. The Morgan fingerprint density at radius 3 is 2.55 bits per heavy atom. The largest absolute Gasteiger partial charge is 0.316 e. The van der Waals surface area contributed by atoms with Crippen LogP contribution in [0.2, 0.25) is 0 Å². The summed E-state index contributed by atoms with van der Waals surface area (Å²) in [5, 5.41) is 3.19. The van der Waals surface area contributed by atoms with Gasteiger partial charge in [-0.15, -0.1) is 0 Å². The van der Waals surface area contributed by atoms with Gasteiger partial charge in [-0.1, -0.05) is 13.0 Å². The zero-order valence-corrected chi connectivity index (χ0v) is 12.1. The fourth-order valence-electron chi connectivity index (χ4n) is 2.35. The number of nitrogens with one attached hydrogen (secondary N) is 2. The molecule has 20 heavy (non-hydrogen) atoms. The van der Waals surface area contributed by atoms with Crippen molar-refractivity contribution in [1.82, 2.24) is 10.0 Å². The van der Waals surface area contributed by atoms with Crippen LogP contribution in [0.1, 0.15) is 19.8 Å². The molecule has 0 radical (unpaired) electrons. The summed E-state index contributed by atoms with van der Waals surface area (Å²) in [6.45, 7) is 3.68. The minimum Gasteiger partial charge on any atom is -0.316 e. The first-order valence-corrected chi connectivity index (χ1v) is 7.97. The van der Waals surface area contributed by atoms with E-state index in [2.05, 4.69) is 10.0 Å². The average molecular weight is 304 g/mol. The quantitative estimate of drug-likeness (QED) is 0.889. The van der Waals surface area contributed by atoms with Crippen molar-refractivity contribution >= 4 is 10.0 Å². The zero-order chi connectivity index (χ0) is 14.8. The fraction of sp³-hybridized carbons (Fsp3) is 0.538. The van der Waals surface area contributed by atoms with Crippen LogP contribution >= 0.6 is 0 Å². The molecule has 1 aliphatic heterocycles. The van der Waals surface area contributed by atoms with Crippen LogP contribution in [0.3, 0.4) is 0 Å². The second kappa shape index (κ2) is 5.75. The summed E-state index contributed by atoms with van der Waals surface area (Å²) in [6.07, 6.45) is 1.81. The predicted molar refractivity (Wildman–Crippen MR) is 71.8 cm³/mol. The molecule has 1 atom stereocenters. The van der Waals surface area contributed by atoms with Crippen LogP contribution in [-0.4, -0.2) is 28.1 Å². The van der Waals surface area contributed by atoms with Crippen molar-refractivity contribution in [2.24, 2.45) is 5.41 Å². The van der Waals surface area contributed by atoms with E-state index in [1.165, 1.54) is 0 Å². The van der Waals surface area contributed by atoms with Gasteiger partial charge in [0.2, 0.25) is 10.0 Å². The normalized spacial score (nSPS) is 23.8. The van der Waals surface area contributed by atoms with Crippen molar-refractivity contribution in [2.45, 2.75) is 24.7 Å². The van der Waals surface area contributed by atoms with Crippen LogP contribution in [0.25, 0.3) is 0 Å². The summed E-state index contributed by atoms with van der Waals surface area (Å²) in [6, 6.07) is 3.00. The molecule has 2 rings (SSSR count). The van der Waals surface area contributed by atoms with Gasteiger partial charge in [0.1, 0.15) is 11.6 Å². The van der Waals surface area contributed by atoms with Gasteiger partial charge >= 0.3 is 0 Å². The lowest BCUT2D eigenvalue weighted by Crippen LogP contribution is -2.45. The molecule has 0 aromatic heterocycles. The number of piperidine rings is 1. The molecule has 1 saturated heterocycles. The van der Waals surface area contributed by atoms with E-state index in [4.69, 9.17) is 0 Å². The molecule has 1 aromatic carbocycles. The molecule has 0 saturated carbocycles. The highest BCUT2D eigenvalue weighted by molar-refractivity contribution is 7.89. The molecule has 1 aliphatic rings. The third kappa shape index (κ3) is 3.34. The molecule has 0 aliphatic carbocycles.